The van der Waals surface area contributed by atoms with Gasteiger partial charge in [0, 0.05) is 12.4 Å². The van der Waals surface area contributed by atoms with Crippen LogP contribution in [0.4, 0.5) is 0 Å². The molecule has 0 fully saturated rings. The molecule has 0 aliphatic carbocycles. The lowest BCUT2D eigenvalue weighted by atomic mass is 10.0. The van der Waals surface area contributed by atoms with Gasteiger partial charge < -0.3 is 4.74 Å². The van der Waals surface area contributed by atoms with E-state index in [0.717, 1.165) is 5.56 Å². The lowest BCUT2D eigenvalue weighted by Gasteiger charge is -2.07. The van der Waals surface area contributed by atoms with Gasteiger partial charge in [-0.3, -0.25) is 4.98 Å². The van der Waals surface area contributed by atoms with Gasteiger partial charge in [0.1, 0.15) is 12.6 Å². The number of halogens is 2. The Kier molecular flexibility index (Phi) is 4.43. The number of hydrogen-bond acceptors (Lipinski definition) is 3. The first-order valence-electron chi connectivity index (χ1n) is 7.88. The van der Waals surface area contributed by atoms with Crippen molar-refractivity contribution < 1.29 is 4.74 Å². The van der Waals surface area contributed by atoms with Crippen molar-refractivity contribution >= 4 is 29.1 Å². The Morgan fingerprint density at radius 2 is 1.48 bits per heavy atom. The maximum Gasteiger partial charge on any atom is 0.220 e. The summed E-state index contributed by atoms with van der Waals surface area (Å²) in [6.45, 7) is 0.467. The Labute approximate surface area is 155 Å². The number of nitrogens with zero attached hydrogens (tertiary/aromatic N) is 2. The quantitative estimate of drug-likeness (QED) is 0.605. The molecule has 3 nitrogen and oxygen atoms in total. The van der Waals surface area contributed by atoms with Gasteiger partial charge >= 0.3 is 0 Å². The first-order valence-corrected chi connectivity index (χ1v) is 8.63. The van der Waals surface area contributed by atoms with Crippen LogP contribution < -0.4 is 0 Å². The minimum Gasteiger partial charge on any atom is -0.475 e. The molecule has 0 amide bonds. The van der Waals surface area contributed by atoms with Crippen LogP contribution >= 0.6 is 23.2 Å². The van der Waals surface area contributed by atoms with E-state index < -0.39 is 0 Å². The molecule has 1 unspecified atom stereocenters. The molecule has 0 N–H and O–H groups in total. The normalized spacial score (nSPS) is 16.4. The number of pyridine rings is 1. The van der Waals surface area contributed by atoms with E-state index in [1.165, 1.54) is 23.5 Å². The second-order valence-corrected chi connectivity index (χ2v) is 6.54. The summed E-state index contributed by atoms with van der Waals surface area (Å²) in [4.78, 5) is 8.61. The summed E-state index contributed by atoms with van der Waals surface area (Å²) in [6.07, 6.45) is 3.08. The molecular formula is C20H14Cl2N2O. The topological polar surface area (TPSA) is 34.5 Å². The van der Waals surface area contributed by atoms with Crippen LogP contribution in [0.5, 0.6) is 0 Å². The van der Waals surface area contributed by atoms with Crippen LogP contribution in [0.1, 0.15) is 17.2 Å². The van der Waals surface area contributed by atoms with E-state index in [1.54, 1.807) is 0 Å². The van der Waals surface area contributed by atoms with E-state index >= 15 is 0 Å². The average molecular weight is 369 g/mol. The highest BCUT2D eigenvalue weighted by atomic mass is 35.5. The minimum absolute atomic E-state index is 0.0693. The summed E-state index contributed by atoms with van der Waals surface area (Å²) in [7, 11) is 0. The number of hydrogen-bond donors (Lipinski definition) is 0. The van der Waals surface area contributed by atoms with Crippen LogP contribution in [0.25, 0.3) is 11.1 Å². The van der Waals surface area contributed by atoms with Crippen molar-refractivity contribution in [2.45, 2.75) is 6.04 Å². The molecule has 0 bridgehead atoms. The van der Waals surface area contributed by atoms with E-state index in [0.29, 0.717) is 28.1 Å². The summed E-state index contributed by atoms with van der Waals surface area (Å²) in [6, 6.07) is 18.6. The highest BCUT2D eigenvalue weighted by Crippen LogP contribution is 2.31. The molecule has 0 spiro atoms. The third-order valence-electron chi connectivity index (χ3n) is 4.12. The maximum atomic E-state index is 6.18. The third-order valence-corrected chi connectivity index (χ3v) is 4.69. The fourth-order valence-electron chi connectivity index (χ4n) is 2.83. The van der Waals surface area contributed by atoms with E-state index in [9.17, 15) is 0 Å². The van der Waals surface area contributed by atoms with Crippen LogP contribution in [0.2, 0.25) is 10.0 Å². The molecule has 0 radical (unpaired) electrons. The minimum atomic E-state index is -0.0693. The third kappa shape index (κ3) is 3.26. The Bertz CT molecular complexity index is 904. The summed E-state index contributed by atoms with van der Waals surface area (Å²) in [5.41, 5.74) is 4.06. The molecule has 2 aromatic carbocycles. The van der Waals surface area contributed by atoms with Crippen molar-refractivity contribution in [3.05, 3.63) is 88.2 Å². The molecule has 0 saturated carbocycles. The maximum absolute atomic E-state index is 6.18. The molecule has 5 heteroatoms. The van der Waals surface area contributed by atoms with Gasteiger partial charge in [-0.25, -0.2) is 4.99 Å². The molecule has 1 aliphatic rings. The number of benzene rings is 2. The summed E-state index contributed by atoms with van der Waals surface area (Å²) < 4.78 is 5.74. The van der Waals surface area contributed by atoms with Crippen LogP contribution in [0.15, 0.2) is 72.0 Å². The van der Waals surface area contributed by atoms with Gasteiger partial charge in [0.25, 0.3) is 0 Å². The van der Waals surface area contributed by atoms with Crippen molar-refractivity contribution in [3.63, 3.8) is 0 Å². The predicted octanol–water partition coefficient (Wildman–Crippen LogP) is 5.57. The molecule has 3 aromatic rings. The molecule has 0 saturated heterocycles. The Balaban J connectivity index is 1.60. The van der Waals surface area contributed by atoms with Crippen LogP contribution in [0, 0.1) is 0 Å². The monoisotopic (exact) mass is 368 g/mol. The molecule has 1 aliphatic heterocycles. The highest BCUT2D eigenvalue weighted by molar-refractivity contribution is 6.39. The van der Waals surface area contributed by atoms with Crippen molar-refractivity contribution in [3.8, 4) is 11.1 Å². The molecule has 124 valence electrons. The highest BCUT2D eigenvalue weighted by Gasteiger charge is 2.25. The van der Waals surface area contributed by atoms with Crippen molar-refractivity contribution in [2.24, 2.45) is 4.99 Å². The molecular weight excluding hydrogens is 355 g/mol. The Hall–Kier alpha value is -2.36. The number of aromatic nitrogens is 1. The predicted molar refractivity (Wildman–Crippen MR) is 101 cm³/mol. The van der Waals surface area contributed by atoms with Crippen molar-refractivity contribution in [1.82, 2.24) is 4.98 Å². The van der Waals surface area contributed by atoms with Gasteiger partial charge in [-0.1, -0.05) is 77.8 Å². The van der Waals surface area contributed by atoms with Crippen LogP contribution in [-0.2, 0) is 4.74 Å². The Morgan fingerprint density at radius 3 is 2.16 bits per heavy atom. The standard InChI is InChI=1S/C20H14Cl2N2O/c21-16-10-23-11-17(22)19(16)20-24-18(12-25-20)15-8-6-14(7-9-15)13-4-2-1-3-5-13/h1-11,18H,12H2. The van der Waals surface area contributed by atoms with Gasteiger partial charge in [-0.05, 0) is 16.7 Å². The zero-order chi connectivity index (χ0) is 17.2. The number of aliphatic imine (C=N–C) groups is 1. The van der Waals surface area contributed by atoms with Gasteiger partial charge in [-0.2, -0.15) is 0 Å². The van der Waals surface area contributed by atoms with Crippen molar-refractivity contribution in [2.75, 3.05) is 6.61 Å². The van der Waals surface area contributed by atoms with Gasteiger partial charge in [0.2, 0.25) is 5.90 Å². The first kappa shape index (κ1) is 16.1. The SMILES string of the molecule is Clc1cncc(Cl)c1C1=NC(c2ccc(-c3ccccc3)cc2)CO1. The molecule has 1 aromatic heterocycles. The van der Waals surface area contributed by atoms with E-state index in [4.69, 9.17) is 27.9 Å². The van der Waals surface area contributed by atoms with E-state index in [1.807, 2.05) is 18.2 Å². The fraction of sp³-hybridized carbons (Fsp3) is 0.100. The summed E-state index contributed by atoms with van der Waals surface area (Å²) in [5.74, 6) is 0.467. The lowest BCUT2D eigenvalue weighted by Crippen LogP contribution is -2.03. The van der Waals surface area contributed by atoms with Gasteiger partial charge in [-0.15, -0.1) is 0 Å². The average Bonchev–Trinajstić information content (AvgIpc) is 3.12. The van der Waals surface area contributed by atoms with Gasteiger partial charge in [0.05, 0.1) is 15.6 Å². The van der Waals surface area contributed by atoms with Crippen LogP contribution in [-0.4, -0.2) is 17.5 Å². The van der Waals surface area contributed by atoms with Crippen LogP contribution in [0.3, 0.4) is 0 Å². The van der Waals surface area contributed by atoms with E-state index in [2.05, 4.69) is 46.4 Å². The van der Waals surface area contributed by atoms with E-state index in [-0.39, 0.29) is 6.04 Å². The molecule has 1 atom stereocenters. The zero-order valence-electron chi connectivity index (χ0n) is 13.2. The summed E-state index contributed by atoms with van der Waals surface area (Å²) in [5, 5.41) is 0.873. The van der Waals surface area contributed by atoms with Crippen molar-refractivity contribution in [1.29, 1.82) is 0 Å². The Morgan fingerprint density at radius 1 is 0.840 bits per heavy atom. The number of rotatable bonds is 3. The second kappa shape index (κ2) is 6.87. The fourth-order valence-corrected chi connectivity index (χ4v) is 3.35. The zero-order valence-corrected chi connectivity index (χ0v) is 14.7. The lowest BCUT2D eigenvalue weighted by molar-refractivity contribution is 0.320. The molecule has 2 heterocycles. The first-order chi connectivity index (χ1) is 12.2. The largest absolute Gasteiger partial charge is 0.475 e. The van der Waals surface area contributed by atoms with Gasteiger partial charge in [0.15, 0.2) is 0 Å². The molecule has 4 rings (SSSR count). The smallest absolute Gasteiger partial charge is 0.220 e. The second-order valence-electron chi connectivity index (χ2n) is 5.73. The summed E-state index contributed by atoms with van der Waals surface area (Å²) >= 11 is 12.4. The molecule has 25 heavy (non-hydrogen) atoms. The number of ether oxygens (including phenoxy) is 1.